The number of benzene rings is 2. The van der Waals surface area contributed by atoms with Crippen LogP contribution in [-0.2, 0) is 14.3 Å². The van der Waals surface area contributed by atoms with E-state index in [9.17, 15) is 18.8 Å². The predicted molar refractivity (Wildman–Crippen MR) is 139 cm³/mol. The molecule has 37 heavy (non-hydrogen) atoms. The first kappa shape index (κ1) is 25.1. The number of methoxy groups -OCH3 is 1. The third-order valence-electron chi connectivity index (χ3n) is 7.64. The third kappa shape index (κ3) is 4.43. The highest BCUT2D eigenvalue weighted by molar-refractivity contribution is 6.08. The molecule has 1 heterocycles. The van der Waals surface area contributed by atoms with E-state index in [1.165, 1.54) is 19.2 Å². The van der Waals surface area contributed by atoms with Crippen LogP contribution >= 0.6 is 0 Å². The zero-order valence-corrected chi connectivity index (χ0v) is 22.0. The number of nitrogens with zero attached hydrogens (tertiary/aromatic N) is 1. The molecule has 0 unspecified atom stereocenters. The zero-order chi connectivity index (χ0) is 26.7. The maximum absolute atomic E-state index is 14.5. The van der Waals surface area contributed by atoms with Gasteiger partial charge in [-0.3, -0.25) is 9.59 Å². The van der Waals surface area contributed by atoms with Crippen LogP contribution in [0.3, 0.4) is 0 Å². The molecule has 0 saturated carbocycles. The summed E-state index contributed by atoms with van der Waals surface area (Å²) in [5.74, 6) is -1.35. The lowest BCUT2D eigenvalue weighted by Gasteiger charge is -2.49. The molecule has 5 rings (SSSR count). The van der Waals surface area contributed by atoms with Crippen molar-refractivity contribution < 1.29 is 23.5 Å². The summed E-state index contributed by atoms with van der Waals surface area (Å²) in [7, 11) is 1.33. The Labute approximate surface area is 217 Å². The maximum Gasteiger partial charge on any atom is 0.337 e. The van der Waals surface area contributed by atoms with Crippen LogP contribution in [0.4, 0.5) is 10.1 Å². The third-order valence-corrected chi connectivity index (χ3v) is 7.64. The lowest BCUT2D eigenvalue weighted by atomic mass is 9.63. The molecule has 3 aliphatic rings. The first-order chi connectivity index (χ1) is 17.4. The number of allylic oxidation sites excluding steroid dienone is 4. The summed E-state index contributed by atoms with van der Waals surface area (Å²) in [4.78, 5) is 41.7. The quantitative estimate of drug-likeness (QED) is 0.449. The van der Waals surface area contributed by atoms with E-state index in [1.54, 1.807) is 18.2 Å². The van der Waals surface area contributed by atoms with Gasteiger partial charge < -0.3 is 9.64 Å². The second kappa shape index (κ2) is 8.79. The molecule has 1 aliphatic heterocycles. The van der Waals surface area contributed by atoms with Crippen molar-refractivity contribution in [2.45, 2.75) is 59.3 Å². The number of hydrogen-bond acceptors (Lipinski definition) is 5. The minimum absolute atomic E-state index is 0.00104. The zero-order valence-electron chi connectivity index (χ0n) is 22.0. The Morgan fingerprint density at radius 2 is 1.41 bits per heavy atom. The van der Waals surface area contributed by atoms with Crippen LogP contribution in [0.2, 0.25) is 0 Å². The summed E-state index contributed by atoms with van der Waals surface area (Å²) in [5.41, 5.74) is 4.10. The fraction of sp³-hybridized carbons (Fsp3) is 0.387. The number of carbonyl (C=O) groups is 3. The molecule has 0 N–H and O–H groups in total. The maximum atomic E-state index is 14.5. The number of esters is 1. The highest BCUT2D eigenvalue weighted by atomic mass is 19.1. The topological polar surface area (TPSA) is 63.7 Å². The van der Waals surface area contributed by atoms with Gasteiger partial charge in [0.15, 0.2) is 11.6 Å². The van der Waals surface area contributed by atoms with Crippen molar-refractivity contribution in [1.82, 2.24) is 0 Å². The first-order valence-corrected chi connectivity index (χ1v) is 12.7. The Morgan fingerprint density at radius 1 is 0.865 bits per heavy atom. The van der Waals surface area contributed by atoms with E-state index in [0.29, 0.717) is 48.1 Å². The summed E-state index contributed by atoms with van der Waals surface area (Å²) in [6.45, 7) is 8.27. The van der Waals surface area contributed by atoms with Gasteiger partial charge >= 0.3 is 5.97 Å². The largest absolute Gasteiger partial charge is 0.465 e. The average molecular weight is 502 g/mol. The summed E-state index contributed by atoms with van der Waals surface area (Å²) < 4.78 is 19.3. The summed E-state index contributed by atoms with van der Waals surface area (Å²) >= 11 is 0. The Kier molecular flexibility index (Phi) is 5.97. The molecule has 0 amide bonds. The summed E-state index contributed by atoms with van der Waals surface area (Å²) in [6, 6.07) is 13.3. The van der Waals surface area contributed by atoms with E-state index in [0.717, 1.165) is 17.0 Å². The molecule has 2 aromatic rings. The Morgan fingerprint density at radius 3 is 1.89 bits per heavy atom. The Hall–Kier alpha value is -3.54. The van der Waals surface area contributed by atoms with Crippen molar-refractivity contribution in [3.63, 3.8) is 0 Å². The van der Waals surface area contributed by atoms with Crippen molar-refractivity contribution in [3.8, 4) is 0 Å². The Bertz CT molecular complexity index is 1330. The van der Waals surface area contributed by atoms with Crippen LogP contribution < -0.4 is 4.90 Å². The van der Waals surface area contributed by atoms with Crippen LogP contribution in [-0.4, -0.2) is 24.6 Å². The normalized spacial score (nSPS) is 21.1. The highest BCUT2D eigenvalue weighted by Crippen LogP contribution is 2.55. The molecular weight excluding hydrogens is 469 g/mol. The van der Waals surface area contributed by atoms with Gasteiger partial charge in [-0.2, -0.15) is 0 Å². The standard InChI is InChI=1S/C31H32FNO4/c1-30(2)14-22-27(24(34)16-30)26(18-9-11-19(12-10-18)29(36)37-5)28-23(15-31(3,4)17-25(28)35)33(22)21-8-6-7-20(32)13-21/h6-13,26H,14-17H2,1-5H3. The van der Waals surface area contributed by atoms with Gasteiger partial charge in [0, 0.05) is 47.0 Å². The number of ketones is 2. The highest BCUT2D eigenvalue weighted by Gasteiger charge is 2.49. The second-order valence-electron chi connectivity index (χ2n) is 12.0. The van der Waals surface area contributed by atoms with Gasteiger partial charge in [-0.15, -0.1) is 0 Å². The molecule has 0 aromatic heterocycles. The molecule has 2 aliphatic carbocycles. The molecule has 192 valence electrons. The van der Waals surface area contributed by atoms with Gasteiger partial charge in [0.25, 0.3) is 0 Å². The SMILES string of the molecule is COC(=O)c1ccc(C2C3=C(CC(C)(C)CC3=O)N(c3cccc(F)c3)C3=C2C(=O)CC(C)(C)C3)cc1. The van der Waals surface area contributed by atoms with Crippen molar-refractivity contribution in [2.24, 2.45) is 10.8 Å². The molecule has 0 fully saturated rings. The van der Waals surface area contributed by atoms with Crippen LogP contribution in [0, 0.1) is 16.6 Å². The molecule has 0 bridgehead atoms. The molecule has 0 radical (unpaired) electrons. The number of Topliss-reactive ketones (excluding diaryl/α,β-unsaturated/α-hetero) is 2. The second-order valence-corrected chi connectivity index (χ2v) is 12.0. The van der Waals surface area contributed by atoms with Crippen molar-refractivity contribution in [1.29, 1.82) is 0 Å². The van der Waals surface area contributed by atoms with Gasteiger partial charge in [-0.25, -0.2) is 9.18 Å². The minimum atomic E-state index is -0.534. The van der Waals surface area contributed by atoms with Crippen LogP contribution in [0.25, 0.3) is 0 Å². The van der Waals surface area contributed by atoms with E-state index in [-0.39, 0.29) is 28.2 Å². The average Bonchev–Trinajstić information content (AvgIpc) is 2.81. The van der Waals surface area contributed by atoms with Crippen LogP contribution in [0.15, 0.2) is 71.1 Å². The molecule has 0 saturated heterocycles. The van der Waals surface area contributed by atoms with E-state index in [1.807, 2.05) is 23.1 Å². The lowest BCUT2D eigenvalue weighted by Crippen LogP contribution is -2.44. The van der Waals surface area contributed by atoms with Gasteiger partial charge in [0.1, 0.15) is 5.82 Å². The molecule has 0 spiro atoms. The van der Waals surface area contributed by atoms with E-state index in [4.69, 9.17) is 4.74 Å². The number of hydrogen-bond donors (Lipinski definition) is 0. The predicted octanol–water partition coefficient (Wildman–Crippen LogP) is 6.50. The fourth-order valence-corrected chi connectivity index (χ4v) is 6.15. The number of halogens is 1. The van der Waals surface area contributed by atoms with Crippen molar-refractivity contribution >= 4 is 23.2 Å². The lowest BCUT2D eigenvalue weighted by molar-refractivity contribution is -0.119. The minimum Gasteiger partial charge on any atom is -0.465 e. The molecule has 5 nitrogen and oxygen atoms in total. The Balaban J connectivity index is 1.79. The van der Waals surface area contributed by atoms with Gasteiger partial charge in [-0.05, 0) is 59.6 Å². The first-order valence-electron chi connectivity index (χ1n) is 12.7. The van der Waals surface area contributed by atoms with Gasteiger partial charge in [0.05, 0.1) is 12.7 Å². The number of anilines is 1. The number of carbonyl (C=O) groups excluding carboxylic acids is 3. The smallest absolute Gasteiger partial charge is 0.337 e. The van der Waals surface area contributed by atoms with Crippen LogP contribution in [0.1, 0.15) is 75.2 Å². The molecule has 6 heteroatoms. The number of ether oxygens (including phenoxy) is 1. The van der Waals surface area contributed by atoms with Gasteiger partial charge in [-0.1, -0.05) is 45.9 Å². The summed E-state index contributed by atoms with van der Waals surface area (Å²) in [5, 5.41) is 0. The number of rotatable bonds is 3. The van der Waals surface area contributed by atoms with E-state index < -0.39 is 11.9 Å². The van der Waals surface area contributed by atoms with Crippen molar-refractivity contribution in [2.75, 3.05) is 12.0 Å². The van der Waals surface area contributed by atoms with E-state index >= 15 is 0 Å². The monoisotopic (exact) mass is 501 g/mol. The molecule has 2 aromatic carbocycles. The van der Waals surface area contributed by atoms with Crippen molar-refractivity contribution in [3.05, 3.63) is 88.0 Å². The van der Waals surface area contributed by atoms with E-state index in [2.05, 4.69) is 27.7 Å². The van der Waals surface area contributed by atoms with Crippen LogP contribution in [0.5, 0.6) is 0 Å². The van der Waals surface area contributed by atoms with Gasteiger partial charge in [0.2, 0.25) is 0 Å². The molecular formula is C31H32FNO4. The molecule has 0 atom stereocenters. The summed E-state index contributed by atoms with van der Waals surface area (Å²) in [6.07, 6.45) is 1.96. The fourth-order valence-electron chi connectivity index (χ4n) is 6.15.